The Labute approximate surface area is 81.6 Å². The van der Waals surface area contributed by atoms with Crippen LogP contribution in [0.15, 0.2) is 0 Å². The van der Waals surface area contributed by atoms with Gasteiger partial charge in [-0.3, -0.25) is 0 Å². The van der Waals surface area contributed by atoms with Crippen molar-refractivity contribution >= 4 is 0 Å². The molecule has 1 rings (SSSR count). The van der Waals surface area contributed by atoms with Gasteiger partial charge in [-0.25, -0.2) is 0 Å². The van der Waals surface area contributed by atoms with Crippen LogP contribution in [0.4, 0.5) is 0 Å². The number of ether oxygens (including phenoxy) is 2. The molecule has 1 saturated heterocycles. The summed E-state index contributed by atoms with van der Waals surface area (Å²) in [5.41, 5.74) is 0. The molecule has 0 aromatic carbocycles. The van der Waals surface area contributed by atoms with Gasteiger partial charge in [-0.1, -0.05) is 39.5 Å². The fourth-order valence-electron chi connectivity index (χ4n) is 1.73. The largest absolute Gasteiger partial charge is 0.350 e. The summed E-state index contributed by atoms with van der Waals surface area (Å²) in [5, 5.41) is 0. The minimum atomic E-state index is 0.0848. The highest BCUT2D eigenvalue weighted by Crippen LogP contribution is 2.20. The maximum absolute atomic E-state index is 5.45. The molecule has 0 bridgehead atoms. The first-order valence-corrected chi connectivity index (χ1v) is 5.57. The average molecular weight is 186 g/mol. The van der Waals surface area contributed by atoms with Gasteiger partial charge in [0.1, 0.15) is 0 Å². The molecule has 1 heterocycles. The molecule has 0 amide bonds. The maximum atomic E-state index is 5.45. The van der Waals surface area contributed by atoms with Crippen LogP contribution in [-0.2, 0) is 9.47 Å². The van der Waals surface area contributed by atoms with Crippen LogP contribution >= 0.6 is 0 Å². The molecule has 1 aliphatic rings. The van der Waals surface area contributed by atoms with E-state index >= 15 is 0 Å². The summed E-state index contributed by atoms with van der Waals surface area (Å²) in [6.45, 7) is 6.03. The highest BCUT2D eigenvalue weighted by atomic mass is 16.7. The predicted molar refractivity (Wildman–Crippen MR) is 53.6 cm³/mol. The van der Waals surface area contributed by atoms with E-state index in [1.54, 1.807) is 0 Å². The van der Waals surface area contributed by atoms with Gasteiger partial charge in [0.25, 0.3) is 0 Å². The molecule has 78 valence electrons. The van der Waals surface area contributed by atoms with Crippen molar-refractivity contribution in [2.45, 2.75) is 52.2 Å². The van der Waals surface area contributed by atoms with E-state index in [1.165, 1.54) is 32.1 Å². The van der Waals surface area contributed by atoms with Gasteiger partial charge in [0.15, 0.2) is 6.29 Å². The van der Waals surface area contributed by atoms with Gasteiger partial charge in [0, 0.05) is 5.92 Å². The molecule has 0 spiro atoms. The van der Waals surface area contributed by atoms with Crippen LogP contribution in [-0.4, -0.2) is 19.5 Å². The molecule has 0 aromatic heterocycles. The first-order chi connectivity index (χ1) is 6.34. The molecule has 0 aromatic rings. The molecule has 1 aliphatic heterocycles. The van der Waals surface area contributed by atoms with Crippen LogP contribution in [0.5, 0.6) is 0 Å². The van der Waals surface area contributed by atoms with Gasteiger partial charge >= 0.3 is 0 Å². The SMILES string of the molecule is CCCCCCC(C)C1OCCO1. The Morgan fingerprint density at radius 2 is 1.85 bits per heavy atom. The summed E-state index contributed by atoms with van der Waals surface area (Å²) in [5.74, 6) is 0.569. The Balaban J connectivity index is 1.99. The number of hydrogen-bond acceptors (Lipinski definition) is 2. The lowest BCUT2D eigenvalue weighted by Crippen LogP contribution is -2.18. The minimum absolute atomic E-state index is 0.0848. The fourth-order valence-corrected chi connectivity index (χ4v) is 1.73. The molecule has 1 unspecified atom stereocenters. The van der Waals surface area contributed by atoms with E-state index in [0.717, 1.165) is 13.2 Å². The Kier molecular flexibility index (Phi) is 5.40. The summed E-state index contributed by atoms with van der Waals surface area (Å²) in [6, 6.07) is 0. The lowest BCUT2D eigenvalue weighted by atomic mass is 10.0. The van der Waals surface area contributed by atoms with Crippen molar-refractivity contribution in [2.75, 3.05) is 13.2 Å². The van der Waals surface area contributed by atoms with Crippen LogP contribution in [0, 0.1) is 5.92 Å². The smallest absolute Gasteiger partial charge is 0.160 e. The van der Waals surface area contributed by atoms with Crippen LogP contribution in [0.1, 0.15) is 46.0 Å². The molecule has 1 fully saturated rings. The second kappa shape index (κ2) is 6.39. The monoisotopic (exact) mass is 186 g/mol. The molecule has 2 nitrogen and oxygen atoms in total. The Morgan fingerprint density at radius 1 is 1.15 bits per heavy atom. The van der Waals surface area contributed by atoms with Crippen molar-refractivity contribution in [3.8, 4) is 0 Å². The number of rotatable bonds is 6. The summed E-state index contributed by atoms with van der Waals surface area (Å²) < 4.78 is 10.9. The maximum Gasteiger partial charge on any atom is 0.160 e. The molecule has 0 aliphatic carbocycles. The van der Waals surface area contributed by atoms with Crippen molar-refractivity contribution in [3.05, 3.63) is 0 Å². The number of hydrogen-bond donors (Lipinski definition) is 0. The van der Waals surface area contributed by atoms with Crippen LogP contribution in [0.25, 0.3) is 0 Å². The molecular weight excluding hydrogens is 164 g/mol. The standard InChI is InChI=1S/C11H22O2/c1-3-4-5-6-7-10(2)11-12-8-9-13-11/h10-11H,3-9H2,1-2H3. The molecule has 2 heteroatoms. The van der Waals surface area contributed by atoms with E-state index in [1.807, 2.05) is 0 Å². The van der Waals surface area contributed by atoms with Gasteiger partial charge < -0.3 is 9.47 Å². The summed E-state index contributed by atoms with van der Waals surface area (Å²) in [4.78, 5) is 0. The quantitative estimate of drug-likeness (QED) is 0.594. The normalized spacial score (nSPS) is 20.8. The van der Waals surface area contributed by atoms with E-state index in [0.29, 0.717) is 5.92 Å². The summed E-state index contributed by atoms with van der Waals surface area (Å²) >= 11 is 0. The highest BCUT2D eigenvalue weighted by Gasteiger charge is 2.22. The zero-order chi connectivity index (χ0) is 9.52. The third-order valence-electron chi connectivity index (χ3n) is 2.63. The zero-order valence-corrected chi connectivity index (χ0v) is 8.92. The molecule has 0 N–H and O–H groups in total. The Bertz CT molecular complexity index is 119. The average Bonchev–Trinajstić information content (AvgIpc) is 2.65. The van der Waals surface area contributed by atoms with Gasteiger partial charge in [-0.15, -0.1) is 0 Å². The third kappa shape index (κ3) is 4.10. The fraction of sp³-hybridized carbons (Fsp3) is 1.00. The van der Waals surface area contributed by atoms with Crippen LogP contribution in [0.2, 0.25) is 0 Å². The van der Waals surface area contributed by atoms with E-state index in [-0.39, 0.29) is 6.29 Å². The topological polar surface area (TPSA) is 18.5 Å². The lowest BCUT2D eigenvalue weighted by molar-refractivity contribution is -0.0806. The summed E-state index contributed by atoms with van der Waals surface area (Å²) in [6.07, 6.45) is 6.67. The van der Waals surface area contributed by atoms with Crippen LogP contribution < -0.4 is 0 Å². The predicted octanol–water partition coefficient (Wildman–Crippen LogP) is 2.97. The molecule has 13 heavy (non-hydrogen) atoms. The first-order valence-electron chi connectivity index (χ1n) is 5.57. The van der Waals surface area contributed by atoms with E-state index in [4.69, 9.17) is 9.47 Å². The van der Waals surface area contributed by atoms with Gasteiger partial charge in [-0.05, 0) is 6.42 Å². The first kappa shape index (κ1) is 11.0. The Morgan fingerprint density at radius 3 is 2.46 bits per heavy atom. The van der Waals surface area contributed by atoms with Crippen molar-refractivity contribution in [1.29, 1.82) is 0 Å². The molecular formula is C11H22O2. The van der Waals surface area contributed by atoms with E-state index in [2.05, 4.69) is 13.8 Å². The minimum Gasteiger partial charge on any atom is -0.350 e. The van der Waals surface area contributed by atoms with Crippen LogP contribution in [0.3, 0.4) is 0 Å². The van der Waals surface area contributed by atoms with Crippen molar-refractivity contribution in [3.63, 3.8) is 0 Å². The Hall–Kier alpha value is -0.0800. The van der Waals surface area contributed by atoms with E-state index < -0.39 is 0 Å². The van der Waals surface area contributed by atoms with Crippen molar-refractivity contribution < 1.29 is 9.47 Å². The summed E-state index contributed by atoms with van der Waals surface area (Å²) in [7, 11) is 0. The molecule has 1 atom stereocenters. The van der Waals surface area contributed by atoms with Crippen molar-refractivity contribution in [1.82, 2.24) is 0 Å². The van der Waals surface area contributed by atoms with Gasteiger partial charge in [0.05, 0.1) is 13.2 Å². The highest BCUT2D eigenvalue weighted by molar-refractivity contribution is 4.61. The second-order valence-electron chi connectivity index (χ2n) is 3.94. The lowest BCUT2D eigenvalue weighted by Gasteiger charge is -2.17. The number of unbranched alkanes of at least 4 members (excludes halogenated alkanes) is 3. The zero-order valence-electron chi connectivity index (χ0n) is 8.92. The third-order valence-corrected chi connectivity index (χ3v) is 2.63. The van der Waals surface area contributed by atoms with Gasteiger partial charge in [-0.2, -0.15) is 0 Å². The second-order valence-corrected chi connectivity index (χ2v) is 3.94. The van der Waals surface area contributed by atoms with E-state index in [9.17, 15) is 0 Å². The van der Waals surface area contributed by atoms with Gasteiger partial charge in [0.2, 0.25) is 0 Å². The van der Waals surface area contributed by atoms with Crippen molar-refractivity contribution in [2.24, 2.45) is 5.92 Å². The molecule has 0 radical (unpaired) electrons. The molecule has 0 saturated carbocycles.